The van der Waals surface area contributed by atoms with Crippen molar-refractivity contribution in [3.63, 3.8) is 0 Å². The molecule has 0 aliphatic heterocycles. The molecule has 0 saturated heterocycles. The Labute approximate surface area is 123 Å². The van der Waals surface area contributed by atoms with Crippen LogP contribution < -0.4 is 9.47 Å². The first-order chi connectivity index (χ1) is 9.67. The van der Waals surface area contributed by atoms with E-state index in [0.717, 1.165) is 17.7 Å². The van der Waals surface area contributed by atoms with Gasteiger partial charge in [0.2, 0.25) is 0 Å². The number of aliphatic hydroxyl groups excluding tert-OH is 1. The smallest absolute Gasteiger partial charge is 0.128 e. The van der Waals surface area contributed by atoms with Crippen molar-refractivity contribution in [2.45, 2.75) is 25.9 Å². The lowest BCUT2D eigenvalue weighted by atomic mass is 10.0. The highest BCUT2D eigenvalue weighted by Crippen LogP contribution is 2.32. The summed E-state index contributed by atoms with van der Waals surface area (Å²) in [5.41, 5.74) is 0.791. The van der Waals surface area contributed by atoms with Crippen LogP contribution in [-0.2, 0) is 12.8 Å². The molecule has 0 aliphatic rings. The number of thiophene rings is 1. The van der Waals surface area contributed by atoms with E-state index in [1.165, 1.54) is 9.75 Å². The molecule has 1 aromatic carbocycles. The van der Waals surface area contributed by atoms with Crippen LogP contribution in [0.1, 0.15) is 28.3 Å². The van der Waals surface area contributed by atoms with Crippen molar-refractivity contribution in [1.29, 1.82) is 0 Å². The molecule has 108 valence electrons. The number of aryl methyl sites for hydroxylation is 1. The lowest BCUT2D eigenvalue weighted by Gasteiger charge is -2.15. The maximum atomic E-state index is 10.4. The molecule has 1 aromatic heterocycles. The second-order valence-corrected chi connectivity index (χ2v) is 5.80. The second kappa shape index (κ2) is 6.77. The van der Waals surface area contributed by atoms with E-state index in [1.54, 1.807) is 31.6 Å². The molecule has 1 heterocycles. The molecule has 2 rings (SSSR count). The van der Waals surface area contributed by atoms with Crippen LogP contribution in [0.3, 0.4) is 0 Å². The number of hydrogen-bond acceptors (Lipinski definition) is 4. The van der Waals surface area contributed by atoms with Crippen molar-refractivity contribution in [2.24, 2.45) is 0 Å². The molecule has 1 unspecified atom stereocenters. The zero-order chi connectivity index (χ0) is 14.5. The molecule has 1 atom stereocenters. The molecule has 0 saturated carbocycles. The van der Waals surface area contributed by atoms with E-state index < -0.39 is 6.10 Å². The minimum absolute atomic E-state index is 0.570. The SMILES string of the molecule is CCc1ccc(CC(O)c2ccc(OC)cc2OC)s1. The van der Waals surface area contributed by atoms with Gasteiger partial charge in [0, 0.05) is 27.8 Å². The summed E-state index contributed by atoms with van der Waals surface area (Å²) in [4.78, 5) is 2.53. The van der Waals surface area contributed by atoms with Gasteiger partial charge in [0.15, 0.2) is 0 Å². The predicted octanol–water partition coefficient (Wildman–Crippen LogP) is 3.60. The third-order valence-corrected chi connectivity index (χ3v) is 4.51. The summed E-state index contributed by atoms with van der Waals surface area (Å²) in [6, 6.07) is 9.70. The summed E-state index contributed by atoms with van der Waals surface area (Å²) in [6.45, 7) is 2.14. The first-order valence-corrected chi connectivity index (χ1v) is 7.47. The zero-order valence-electron chi connectivity index (χ0n) is 12.1. The minimum atomic E-state index is -0.570. The van der Waals surface area contributed by atoms with Gasteiger partial charge in [-0.3, -0.25) is 0 Å². The van der Waals surface area contributed by atoms with E-state index in [2.05, 4.69) is 19.1 Å². The number of methoxy groups -OCH3 is 2. The Morgan fingerprint density at radius 2 is 1.85 bits per heavy atom. The quantitative estimate of drug-likeness (QED) is 0.884. The Morgan fingerprint density at radius 3 is 2.45 bits per heavy atom. The molecule has 0 radical (unpaired) electrons. The largest absolute Gasteiger partial charge is 0.497 e. The summed E-state index contributed by atoms with van der Waals surface area (Å²) >= 11 is 1.75. The standard InChI is InChI=1S/C16H20O3S/c1-4-12-6-7-13(20-12)10-15(17)14-8-5-11(18-2)9-16(14)19-3/h5-9,15,17H,4,10H2,1-3H3. The predicted molar refractivity (Wildman–Crippen MR) is 81.9 cm³/mol. The second-order valence-electron chi connectivity index (χ2n) is 4.55. The van der Waals surface area contributed by atoms with Gasteiger partial charge in [-0.25, -0.2) is 0 Å². The maximum absolute atomic E-state index is 10.4. The highest BCUT2D eigenvalue weighted by Gasteiger charge is 2.15. The van der Waals surface area contributed by atoms with Crippen molar-refractivity contribution in [3.05, 3.63) is 45.6 Å². The van der Waals surface area contributed by atoms with Crippen molar-refractivity contribution < 1.29 is 14.6 Å². The van der Waals surface area contributed by atoms with Crippen LogP contribution in [0.25, 0.3) is 0 Å². The lowest BCUT2D eigenvalue weighted by molar-refractivity contribution is 0.175. The molecular formula is C16H20O3S. The average Bonchev–Trinajstić information content (AvgIpc) is 2.94. The van der Waals surface area contributed by atoms with Crippen molar-refractivity contribution >= 4 is 11.3 Å². The Kier molecular flexibility index (Phi) is 5.04. The summed E-state index contributed by atoms with van der Waals surface area (Å²) in [7, 11) is 3.22. The number of benzene rings is 1. The van der Waals surface area contributed by atoms with E-state index in [9.17, 15) is 5.11 Å². The Morgan fingerprint density at radius 1 is 1.10 bits per heavy atom. The molecular weight excluding hydrogens is 272 g/mol. The van der Waals surface area contributed by atoms with Crippen molar-refractivity contribution in [3.8, 4) is 11.5 Å². The molecule has 3 nitrogen and oxygen atoms in total. The summed E-state index contributed by atoms with van der Waals surface area (Å²) in [6.07, 6.45) is 1.07. The Hall–Kier alpha value is -1.52. The van der Waals surface area contributed by atoms with Crippen molar-refractivity contribution in [1.82, 2.24) is 0 Å². The van der Waals surface area contributed by atoms with Crippen LogP contribution in [0.15, 0.2) is 30.3 Å². The highest BCUT2D eigenvalue weighted by atomic mass is 32.1. The summed E-state index contributed by atoms with van der Waals surface area (Å²) in [5, 5.41) is 10.4. The fourth-order valence-electron chi connectivity index (χ4n) is 2.12. The molecule has 0 spiro atoms. The zero-order valence-corrected chi connectivity index (χ0v) is 12.9. The molecule has 4 heteroatoms. The van der Waals surface area contributed by atoms with Gasteiger partial charge in [-0.2, -0.15) is 0 Å². The van der Waals surface area contributed by atoms with E-state index in [4.69, 9.17) is 9.47 Å². The third-order valence-electron chi connectivity index (χ3n) is 3.26. The molecule has 2 aromatic rings. The first-order valence-electron chi connectivity index (χ1n) is 6.65. The lowest BCUT2D eigenvalue weighted by Crippen LogP contribution is -2.03. The average molecular weight is 292 g/mol. The van der Waals surface area contributed by atoms with Crippen molar-refractivity contribution in [2.75, 3.05) is 14.2 Å². The molecule has 0 aliphatic carbocycles. The van der Waals surface area contributed by atoms with Gasteiger partial charge < -0.3 is 14.6 Å². The van der Waals surface area contributed by atoms with E-state index in [0.29, 0.717) is 12.2 Å². The van der Waals surface area contributed by atoms with Gasteiger partial charge >= 0.3 is 0 Å². The monoisotopic (exact) mass is 292 g/mol. The number of aliphatic hydroxyl groups is 1. The fraction of sp³-hybridized carbons (Fsp3) is 0.375. The minimum Gasteiger partial charge on any atom is -0.497 e. The Bertz CT molecular complexity index is 563. The van der Waals surface area contributed by atoms with Gasteiger partial charge in [0.1, 0.15) is 11.5 Å². The molecule has 0 amide bonds. The van der Waals surface area contributed by atoms with Gasteiger partial charge in [0.05, 0.1) is 20.3 Å². The van der Waals surface area contributed by atoms with Crippen LogP contribution in [-0.4, -0.2) is 19.3 Å². The van der Waals surface area contributed by atoms with Crippen LogP contribution in [0, 0.1) is 0 Å². The number of rotatable bonds is 6. The summed E-state index contributed by atoms with van der Waals surface area (Å²) < 4.78 is 10.5. The molecule has 1 N–H and O–H groups in total. The van der Waals surface area contributed by atoms with Gasteiger partial charge in [-0.05, 0) is 30.7 Å². The molecule has 0 bridgehead atoms. The topological polar surface area (TPSA) is 38.7 Å². The van der Waals surface area contributed by atoms with Crippen LogP contribution in [0.5, 0.6) is 11.5 Å². The fourth-order valence-corrected chi connectivity index (χ4v) is 3.11. The van der Waals surface area contributed by atoms with E-state index >= 15 is 0 Å². The van der Waals surface area contributed by atoms with Crippen LogP contribution in [0.4, 0.5) is 0 Å². The van der Waals surface area contributed by atoms with Gasteiger partial charge in [0.25, 0.3) is 0 Å². The van der Waals surface area contributed by atoms with Gasteiger partial charge in [-0.15, -0.1) is 11.3 Å². The first kappa shape index (κ1) is 14.9. The maximum Gasteiger partial charge on any atom is 0.128 e. The third kappa shape index (κ3) is 3.32. The van der Waals surface area contributed by atoms with E-state index in [-0.39, 0.29) is 0 Å². The molecule has 0 fully saturated rings. The highest BCUT2D eigenvalue weighted by molar-refractivity contribution is 7.11. The van der Waals surface area contributed by atoms with E-state index in [1.807, 2.05) is 12.1 Å². The van der Waals surface area contributed by atoms with Crippen LogP contribution >= 0.6 is 11.3 Å². The Balaban J connectivity index is 2.17. The van der Waals surface area contributed by atoms with Crippen LogP contribution in [0.2, 0.25) is 0 Å². The normalized spacial score (nSPS) is 12.2. The number of ether oxygens (including phenoxy) is 2. The molecule has 20 heavy (non-hydrogen) atoms. The van der Waals surface area contributed by atoms with Gasteiger partial charge in [-0.1, -0.05) is 6.92 Å². The summed E-state index contributed by atoms with van der Waals surface area (Å²) in [5.74, 6) is 1.38. The number of hydrogen-bond donors (Lipinski definition) is 1.